The van der Waals surface area contributed by atoms with Crippen LogP contribution in [0.3, 0.4) is 0 Å². The van der Waals surface area contributed by atoms with Gasteiger partial charge in [0.2, 0.25) is 0 Å². The largest absolute Gasteiger partial charge is 0.293 e. The van der Waals surface area contributed by atoms with Crippen molar-refractivity contribution in [2.75, 3.05) is 0 Å². The topological polar surface area (TPSA) is 77.3 Å². The molecule has 1 aliphatic rings. The van der Waals surface area contributed by atoms with Crippen molar-refractivity contribution >= 4 is 17.3 Å². The lowest BCUT2D eigenvalue weighted by Gasteiger charge is -2.15. The molecule has 1 atom stereocenters. The van der Waals surface area contributed by atoms with Crippen molar-refractivity contribution < 1.29 is 14.5 Å². The van der Waals surface area contributed by atoms with Gasteiger partial charge in [-0.05, 0) is 17.9 Å². The van der Waals surface area contributed by atoms with Gasteiger partial charge in [0.15, 0.2) is 11.6 Å². The number of Topliss-reactive ketones (excluding diaryl/α,β-unsaturated/α-hetero) is 2. The molecule has 0 bridgehead atoms. The van der Waals surface area contributed by atoms with E-state index in [0.717, 1.165) is 5.56 Å². The van der Waals surface area contributed by atoms with Crippen LogP contribution in [0.15, 0.2) is 48.5 Å². The van der Waals surface area contributed by atoms with E-state index in [4.69, 9.17) is 0 Å². The van der Waals surface area contributed by atoms with Crippen LogP contribution in [0.2, 0.25) is 0 Å². The first kappa shape index (κ1) is 15.1. The Kier molecular flexibility index (Phi) is 3.78. The van der Waals surface area contributed by atoms with Crippen molar-refractivity contribution in [1.29, 1.82) is 0 Å². The fourth-order valence-corrected chi connectivity index (χ4v) is 3.04. The molecule has 2 aromatic carbocycles. The van der Waals surface area contributed by atoms with E-state index in [1.807, 2.05) is 6.92 Å². The molecule has 0 aliphatic heterocycles. The van der Waals surface area contributed by atoms with Gasteiger partial charge in [0, 0.05) is 23.3 Å². The van der Waals surface area contributed by atoms with E-state index in [1.54, 1.807) is 36.4 Å². The quantitative estimate of drug-likeness (QED) is 0.489. The van der Waals surface area contributed by atoms with Gasteiger partial charge in [-0.25, -0.2) is 0 Å². The predicted molar refractivity (Wildman–Crippen MR) is 84.7 cm³/mol. The number of carbonyl (C=O) groups excluding carboxylic acids is 2. The summed E-state index contributed by atoms with van der Waals surface area (Å²) in [6.07, 6.45) is 0.407. The Hall–Kier alpha value is -2.82. The smallest absolute Gasteiger partial charge is 0.269 e. The van der Waals surface area contributed by atoms with Gasteiger partial charge in [0.25, 0.3) is 5.69 Å². The van der Waals surface area contributed by atoms with Crippen LogP contribution in [0.5, 0.6) is 0 Å². The van der Waals surface area contributed by atoms with Gasteiger partial charge in [0.1, 0.15) is 0 Å². The average molecular weight is 309 g/mol. The maximum absolute atomic E-state index is 12.4. The standard InChI is InChI=1S/C18H15NO4/c1-11(12-6-8-13(9-7-12)19(22)23)10-16-17(20)14-4-2-3-5-15(14)18(16)21/h2-9,11,16H,10H2,1H3/t11-/m0/s1. The monoisotopic (exact) mass is 309 g/mol. The maximum Gasteiger partial charge on any atom is 0.269 e. The summed E-state index contributed by atoms with van der Waals surface area (Å²) in [6, 6.07) is 13.1. The normalized spacial score (nSPS) is 15.5. The van der Waals surface area contributed by atoms with E-state index in [2.05, 4.69) is 0 Å². The van der Waals surface area contributed by atoms with E-state index in [1.165, 1.54) is 12.1 Å². The molecule has 116 valence electrons. The molecule has 5 nitrogen and oxygen atoms in total. The van der Waals surface area contributed by atoms with Crippen LogP contribution < -0.4 is 0 Å². The lowest BCUT2D eigenvalue weighted by Crippen LogP contribution is -2.17. The molecule has 0 aromatic heterocycles. The second kappa shape index (κ2) is 5.76. The Labute approximate surface area is 133 Å². The van der Waals surface area contributed by atoms with Gasteiger partial charge in [-0.3, -0.25) is 19.7 Å². The van der Waals surface area contributed by atoms with E-state index in [0.29, 0.717) is 17.5 Å². The predicted octanol–water partition coefficient (Wildman–Crippen LogP) is 3.78. The van der Waals surface area contributed by atoms with Gasteiger partial charge < -0.3 is 0 Å². The first-order valence-electron chi connectivity index (χ1n) is 7.41. The first-order valence-corrected chi connectivity index (χ1v) is 7.41. The minimum Gasteiger partial charge on any atom is -0.293 e. The summed E-state index contributed by atoms with van der Waals surface area (Å²) >= 11 is 0. The Morgan fingerprint density at radius 1 is 1.00 bits per heavy atom. The first-order chi connectivity index (χ1) is 11.0. The number of hydrogen-bond acceptors (Lipinski definition) is 4. The van der Waals surface area contributed by atoms with E-state index >= 15 is 0 Å². The van der Waals surface area contributed by atoms with Gasteiger partial charge in [0.05, 0.1) is 10.8 Å². The summed E-state index contributed by atoms with van der Waals surface area (Å²) < 4.78 is 0. The Morgan fingerprint density at radius 2 is 1.52 bits per heavy atom. The number of non-ortho nitro benzene ring substituents is 1. The molecule has 0 saturated carbocycles. The number of carbonyl (C=O) groups is 2. The third-order valence-corrected chi connectivity index (χ3v) is 4.35. The highest BCUT2D eigenvalue weighted by molar-refractivity contribution is 6.26. The molecule has 0 spiro atoms. The zero-order valence-electron chi connectivity index (χ0n) is 12.6. The second-order valence-electron chi connectivity index (χ2n) is 5.81. The summed E-state index contributed by atoms with van der Waals surface area (Å²) in [5.74, 6) is -0.945. The maximum atomic E-state index is 12.4. The zero-order valence-corrected chi connectivity index (χ0v) is 12.6. The van der Waals surface area contributed by atoms with Crippen LogP contribution in [0.1, 0.15) is 45.5 Å². The third-order valence-electron chi connectivity index (χ3n) is 4.35. The fourth-order valence-electron chi connectivity index (χ4n) is 3.04. The number of rotatable bonds is 4. The molecular weight excluding hydrogens is 294 g/mol. The Bertz CT molecular complexity index is 760. The average Bonchev–Trinajstić information content (AvgIpc) is 2.80. The highest BCUT2D eigenvalue weighted by Gasteiger charge is 2.38. The third kappa shape index (κ3) is 2.65. The summed E-state index contributed by atoms with van der Waals surface area (Å²) in [6.45, 7) is 1.92. The van der Waals surface area contributed by atoms with Gasteiger partial charge in [-0.1, -0.05) is 43.3 Å². The summed E-state index contributed by atoms with van der Waals surface area (Å²) in [7, 11) is 0. The number of benzene rings is 2. The molecule has 0 saturated heterocycles. The fraction of sp³-hybridized carbons (Fsp3) is 0.222. The minimum atomic E-state index is -0.655. The van der Waals surface area contributed by atoms with Gasteiger partial charge in [-0.2, -0.15) is 0 Å². The van der Waals surface area contributed by atoms with Crippen LogP contribution in [0.4, 0.5) is 5.69 Å². The highest BCUT2D eigenvalue weighted by Crippen LogP contribution is 2.34. The summed E-state index contributed by atoms with van der Waals surface area (Å²) in [5.41, 5.74) is 1.91. The van der Waals surface area contributed by atoms with Crippen LogP contribution in [0, 0.1) is 16.0 Å². The van der Waals surface area contributed by atoms with E-state index in [9.17, 15) is 19.7 Å². The van der Waals surface area contributed by atoms with Crippen molar-refractivity contribution in [3.05, 3.63) is 75.3 Å². The molecule has 0 heterocycles. The number of nitro benzene ring substituents is 1. The van der Waals surface area contributed by atoms with E-state index in [-0.39, 0.29) is 23.2 Å². The van der Waals surface area contributed by atoms with Crippen molar-refractivity contribution in [2.45, 2.75) is 19.3 Å². The molecule has 0 radical (unpaired) electrons. The lowest BCUT2D eigenvalue weighted by atomic mass is 9.87. The molecule has 0 amide bonds. The van der Waals surface area contributed by atoms with Crippen molar-refractivity contribution in [3.63, 3.8) is 0 Å². The zero-order chi connectivity index (χ0) is 16.6. The van der Waals surface area contributed by atoms with Crippen molar-refractivity contribution in [1.82, 2.24) is 0 Å². The molecule has 0 N–H and O–H groups in total. The van der Waals surface area contributed by atoms with Crippen molar-refractivity contribution in [2.24, 2.45) is 5.92 Å². The molecule has 2 aromatic rings. The van der Waals surface area contributed by atoms with Crippen LogP contribution in [0.25, 0.3) is 0 Å². The minimum absolute atomic E-state index is 0.0291. The molecule has 0 unspecified atom stereocenters. The van der Waals surface area contributed by atoms with Crippen LogP contribution >= 0.6 is 0 Å². The van der Waals surface area contributed by atoms with Gasteiger partial charge in [-0.15, -0.1) is 0 Å². The van der Waals surface area contributed by atoms with Crippen LogP contribution in [-0.4, -0.2) is 16.5 Å². The number of nitrogens with zero attached hydrogens (tertiary/aromatic N) is 1. The molecule has 5 heteroatoms. The van der Waals surface area contributed by atoms with Crippen LogP contribution in [-0.2, 0) is 0 Å². The molecule has 23 heavy (non-hydrogen) atoms. The second-order valence-corrected chi connectivity index (χ2v) is 5.81. The summed E-state index contributed by atoms with van der Waals surface area (Å²) in [4.78, 5) is 35.1. The lowest BCUT2D eigenvalue weighted by molar-refractivity contribution is -0.384. The molecule has 3 rings (SSSR count). The highest BCUT2D eigenvalue weighted by atomic mass is 16.6. The summed E-state index contributed by atoms with van der Waals surface area (Å²) in [5, 5.41) is 10.7. The molecule has 1 aliphatic carbocycles. The Morgan fingerprint density at radius 3 is 2.00 bits per heavy atom. The number of hydrogen-bond donors (Lipinski definition) is 0. The Balaban J connectivity index is 1.79. The molecule has 0 fully saturated rings. The van der Waals surface area contributed by atoms with Crippen molar-refractivity contribution in [3.8, 4) is 0 Å². The SMILES string of the molecule is C[C@@H](CC1C(=O)c2ccccc2C1=O)c1ccc([N+](=O)[O-])cc1. The number of fused-ring (bicyclic) bond motifs is 1. The molecular formula is C18H15NO4. The number of ketones is 2. The van der Waals surface area contributed by atoms with E-state index < -0.39 is 10.8 Å². The van der Waals surface area contributed by atoms with Gasteiger partial charge >= 0.3 is 0 Å². The number of nitro groups is 1.